The molecule has 2 saturated heterocycles. The number of hydrogen-bond donors (Lipinski definition) is 1. The number of aromatic nitrogens is 4. The number of alkyl carbamates (subject to hydrolysis) is 1. The molecule has 1 amide bonds. The van der Waals surface area contributed by atoms with Crippen LogP contribution in [0, 0.1) is 5.92 Å². The van der Waals surface area contributed by atoms with Crippen LogP contribution in [0.5, 0.6) is 5.75 Å². The molecule has 1 atom stereocenters. The third kappa shape index (κ3) is 7.46. The fourth-order valence-corrected chi connectivity index (χ4v) is 5.79. The van der Waals surface area contributed by atoms with Gasteiger partial charge >= 0.3 is 18.1 Å². The first-order valence-corrected chi connectivity index (χ1v) is 15.7. The number of carbonyl (C=O) groups is 2. The Morgan fingerprint density at radius 1 is 1.02 bits per heavy atom. The summed E-state index contributed by atoms with van der Waals surface area (Å²) >= 11 is 0. The summed E-state index contributed by atoms with van der Waals surface area (Å²) in [4.78, 5) is 42.6. The quantitative estimate of drug-likeness (QED) is 0.337. The van der Waals surface area contributed by atoms with Crippen LogP contribution in [0.4, 0.5) is 16.8 Å². The predicted molar refractivity (Wildman–Crippen MR) is 164 cm³/mol. The predicted octanol–water partition coefficient (Wildman–Crippen LogP) is 4.49. The maximum Gasteiger partial charge on any atom is 0.407 e. The van der Waals surface area contributed by atoms with E-state index in [9.17, 15) is 9.59 Å². The molecule has 1 aromatic carbocycles. The number of esters is 1. The zero-order valence-corrected chi connectivity index (χ0v) is 26.1. The van der Waals surface area contributed by atoms with Gasteiger partial charge in [-0.05, 0) is 77.3 Å². The first-order chi connectivity index (χ1) is 21.7. The van der Waals surface area contributed by atoms with Gasteiger partial charge in [-0.1, -0.05) is 23.4 Å². The Labute approximate surface area is 262 Å². The van der Waals surface area contributed by atoms with Crippen LogP contribution in [0.3, 0.4) is 0 Å². The smallest absolute Gasteiger partial charge is 0.407 e. The molecule has 1 N–H and O–H groups in total. The number of amides is 1. The van der Waals surface area contributed by atoms with Gasteiger partial charge in [-0.3, -0.25) is 0 Å². The number of rotatable bonds is 9. The van der Waals surface area contributed by atoms with Crippen LogP contribution in [0.1, 0.15) is 75.5 Å². The molecule has 13 heteroatoms. The third-order valence-electron chi connectivity index (χ3n) is 8.46. The molecule has 4 heterocycles. The number of hydrogen-bond acceptors (Lipinski definition) is 12. The van der Waals surface area contributed by atoms with Crippen LogP contribution in [-0.4, -0.2) is 76.6 Å². The standard InChI is InChI=1S/C32H41N7O6/c1-31(2,3)44-30(41)35-24-12-17-39(20-24)28-33-18-25(19-34-28)42-21-22-10-15-38(16-11-22)29-36-27(37-45-29)32(13-7-14-32)43-26(40)23-8-5-4-6-9-23/h4-6,8-9,18-19,22,24H,7,10-17,20-21H2,1-3H3,(H,35,41). The lowest BCUT2D eigenvalue weighted by Gasteiger charge is -2.38. The van der Waals surface area contributed by atoms with Crippen molar-refractivity contribution < 1.29 is 28.3 Å². The van der Waals surface area contributed by atoms with E-state index in [1.54, 1.807) is 24.5 Å². The molecule has 3 aliphatic rings. The number of ether oxygens (including phenoxy) is 3. The Balaban J connectivity index is 0.942. The molecule has 0 radical (unpaired) electrons. The van der Waals surface area contributed by atoms with Crippen molar-refractivity contribution in [2.45, 2.75) is 76.5 Å². The number of benzene rings is 1. The number of nitrogens with zero attached hydrogens (tertiary/aromatic N) is 6. The highest BCUT2D eigenvalue weighted by Crippen LogP contribution is 2.44. The molecule has 0 spiro atoms. The van der Waals surface area contributed by atoms with E-state index in [0.717, 1.165) is 45.3 Å². The molecule has 1 aliphatic carbocycles. The second-order valence-corrected chi connectivity index (χ2v) is 13.0. The minimum atomic E-state index is -0.827. The van der Waals surface area contributed by atoms with Crippen LogP contribution in [-0.2, 0) is 15.1 Å². The van der Waals surface area contributed by atoms with Gasteiger partial charge in [0.05, 0.1) is 30.6 Å². The second kappa shape index (κ2) is 12.9. The van der Waals surface area contributed by atoms with Gasteiger partial charge in [0.15, 0.2) is 11.4 Å². The summed E-state index contributed by atoms with van der Waals surface area (Å²) in [6.45, 7) is 9.00. The lowest BCUT2D eigenvalue weighted by Crippen LogP contribution is -2.40. The highest BCUT2D eigenvalue weighted by atomic mass is 16.6. The van der Waals surface area contributed by atoms with E-state index in [-0.39, 0.29) is 12.0 Å². The van der Waals surface area contributed by atoms with Crippen LogP contribution >= 0.6 is 0 Å². The number of nitrogens with one attached hydrogen (secondary N) is 1. The van der Waals surface area contributed by atoms with Crippen molar-refractivity contribution in [3.63, 3.8) is 0 Å². The van der Waals surface area contributed by atoms with E-state index in [1.165, 1.54) is 0 Å². The van der Waals surface area contributed by atoms with E-state index in [1.807, 2.05) is 43.9 Å². The topological polar surface area (TPSA) is 145 Å². The molecule has 240 valence electrons. The Morgan fingerprint density at radius 2 is 1.73 bits per heavy atom. The summed E-state index contributed by atoms with van der Waals surface area (Å²) < 4.78 is 22.9. The van der Waals surface area contributed by atoms with Crippen LogP contribution in [0.2, 0.25) is 0 Å². The van der Waals surface area contributed by atoms with Crippen molar-refractivity contribution in [1.29, 1.82) is 0 Å². The summed E-state index contributed by atoms with van der Waals surface area (Å²) in [7, 11) is 0. The molecule has 45 heavy (non-hydrogen) atoms. The fraction of sp³-hybridized carbons (Fsp3) is 0.562. The van der Waals surface area contributed by atoms with Gasteiger partial charge in [0.25, 0.3) is 0 Å². The Morgan fingerprint density at radius 3 is 2.40 bits per heavy atom. The molecule has 2 aromatic heterocycles. The summed E-state index contributed by atoms with van der Waals surface area (Å²) in [5, 5.41) is 7.15. The van der Waals surface area contributed by atoms with Crippen LogP contribution < -0.4 is 19.9 Å². The van der Waals surface area contributed by atoms with Crippen LogP contribution in [0.25, 0.3) is 0 Å². The van der Waals surface area contributed by atoms with Crippen molar-refractivity contribution in [1.82, 2.24) is 25.4 Å². The highest BCUT2D eigenvalue weighted by molar-refractivity contribution is 5.89. The van der Waals surface area contributed by atoms with Crippen molar-refractivity contribution in [3.8, 4) is 5.75 Å². The van der Waals surface area contributed by atoms with Crippen molar-refractivity contribution >= 4 is 24.0 Å². The largest absolute Gasteiger partial charge is 0.490 e. The van der Waals surface area contributed by atoms with Gasteiger partial charge < -0.3 is 33.9 Å². The van der Waals surface area contributed by atoms with E-state index in [0.29, 0.717) is 61.0 Å². The maximum absolute atomic E-state index is 12.7. The SMILES string of the molecule is CC(C)(C)OC(=O)NC1CCN(c2ncc(OCC3CCN(c4nc(C5(OC(=O)c6ccccc6)CCC5)no4)CC3)cn2)C1. The molecule has 0 bridgehead atoms. The number of piperidine rings is 1. The normalized spacial score (nSPS) is 19.9. The van der Waals surface area contributed by atoms with Crippen LogP contribution in [0.15, 0.2) is 47.2 Å². The summed E-state index contributed by atoms with van der Waals surface area (Å²) in [5.41, 5.74) is -0.849. The second-order valence-electron chi connectivity index (χ2n) is 13.0. The zero-order valence-electron chi connectivity index (χ0n) is 26.1. The van der Waals surface area contributed by atoms with Gasteiger partial charge in [0.1, 0.15) is 5.60 Å². The molecule has 1 unspecified atom stereocenters. The third-order valence-corrected chi connectivity index (χ3v) is 8.46. The van der Waals surface area contributed by atoms with Crippen molar-refractivity contribution in [3.05, 3.63) is 54.1 Å². The molecular weight excluding hydrogens is 578 g/mol. The van der Waals surface area contributed by atoms with E-state index in [4.69, 9.17) is 18.7 Å². The summed E-state index contributed by atoms with van der Waals surface area (Å²) in [6.07, 6.45) is 7.91. The Kier molecular flexibility index (Phi) is 8.77. The van der Waals surface area contributed by atoms with Gasteiger partial charge in [0.2, 0.25) is 11.8 Å². The first-order valence-electron chi connectivity index (χ1n) is 15.7. The van der Waals surface area contributed by atoms with E-state index < -0.39 is 17.3 Å². The molecule has 1 saturated carbocycles. The minimum Gasteiger partial charge on any atom is -0.490 e. The van der Waals surface area contributed by atoms with Crippen molar-refractivity contribution in [2.75, 3.05) is 42.6 Å². The van der Waals surface area contributed by atoms with E-state index >= 15 is 0 Å². The van der Waals surface area contributed by atoms with Gasteiger partial charge in [-0.2, -0.15) is 4.98 Å². The molecule has 2 aliphatic heterocycles. The Hall–Kier alpha value is -4.42. The number of carbonyl (C=O) groups excluding carboxylic acids is 2. The van der Waals surface area contributed by atoms with Gasteiger partial charge in [0, 0.05) is 26.2 Å². The lowest BCUT2D eigenvalue weighted by molar-refractivity contribution is -0.0737. The summed E-state index contributed by atoms with van der Waals surface area (Å²) in [5.74, 6) is 1.67. The monoisotopic (exact) mass is 619 g/mol. The fourth-order valence-electron chi connectivity index (χ4n) is 5.79. The summed E-state index contributed by atoms with van der Waals surface area (Å²) in [6, 6.07) is 9.42. The van der Waals surface area contributed by atoms with Gasteiger partial charge in [-0.15, -0.1) is 0 Å². The Bertz CT molecular complexity index is 1450. The molecule has 3 fully saturated rings. The average molecular weight is 620 g/mol. The molecule has 6 rings (SSSR count). The average Bonchev–Trinajstić information content (AvgIpc) is 3.69. The first kappa shape index (κ1) is 30.6. The molecule has 13 nitrogen and oxygen atoms in total. The minimum absolute atomic E-state index is 0.0134. The van der Waals surface area contributed by atoms with Gasteiger partial charge in [-0.25, -0.2) is 19.6 Å². The van der Waals surface area contributed by atoms with Crippen molar-refractivity contribution in [2.24, 2.45) is 5.92 Å². The molecule has 3 aromatic rings. The zero-order chi connectivity index (χ0) is 31.4. The number of anilines is 2. The highest BCUT2D eigenvalue weighted by Gasteiger charge is 2.47. The maximum atomic E-state index is 12.7. The lowest BCUT2D eigenvalue weighted by atomic mass is 9.79. The molecular formula is C32H41N7O6. The van der Waals surface area contributed by atoms with E-state index in [2.05, 4.69) is 30.3 Å².